The molecule has 1 fully saturated rings. The first-order chi connectivity index (χ1) is 17.3. The summed E-state index contributed by atoms with van der Waals surface area (Å²) < 4.78 is 0. The van der Waals surface area contributed by atoms with Gasteiger partial charge in [0.1, 0.15) is 17.7 Å². The number of hydrogen-bond acceptors (Lipinski definition) is 8. The predicted octanol–water partition coefficient (Wildman–Crippen LogP) is 5.66. The zero-order chi connectivity index (χ0) is 28.1. The number of carbonyl (C=O) groups excluding carboxylic acids is 1. The molecule has 8 heteroatoms. The number of rotatable bonds is 5. The summed E-state index contributed by atoms with van der Waals surface area (Å²) in [5.74, 6) is 0.906. The molecule has 0 amide bonds. The predicted molar refractivity (Wildman–Crippen MR) is 151 cm³/mol. The number of aldehydes is 1. The molecule has 36 heavy (non-hydrogen) atoms. The third-order valence-corrected chi connectivity index (χ3v) is 5.07. The molecule has 2 heterocycles. The molecule has 0 aliphatic carbocycles. The Morgan fingerprint density at radius 2 is 1.39 bits per heavy atom. The van der Waals surface area contributed by atoms with Crippen LogP contribution in [0.2, 0.25) is 0 Å². The minimum Gasteiger partial charge on any atom is -0.508 e. The first-order valence-corrected chi connectivity index (χ1v) is 12.9. The maximum atomic E-state index is 11.0. The molecule has 3 N–H and O–H groups in total. The Hall–Kier alpha value is -2.84. The molecule has 1 aromatic carbocycles. The molecule has 2 aromatic rings. The van der Waals surface area contributed by atoms with Crippen molar-refractivity contribution in [3.63, 3.8) is 0 Å². The van der Waals surface area contributed by atoms with Crippen LogP contribution >= 0.6 is 0 Å². The summed E-state index contributed by atoms with van der Waals surface area (Å²) in [6.07, 6.45) is 5.45. The zero-order valence-electron chi connectivity index (χ0n) is 23.7. The Morgan fingerprint density at radius 3 is 1.78 bits per heavy atom. The van der Waals surface area contributed by atoms with Gasteiger partial charge in [0.2, 0.25) is 5.95 Å². The van der Waals surface area contributed by atoms with Gasteiger partial charge in [-0.15, -0.1) is 0 Å². The van der Waals surface area contributed by atoms with Crippen molar-refractivity contribution in [3.8, 4) is 5.75 Å². The number of benzene rings is 1. The number of carbonyl (C=O) groups is 1. The monoisotopic (exact) mass is 504 g/mol. The van der Waals surface area contributed by atoms with Gasteiger partial charge in [0.25, 0.3) is 0 Å². The van der Waals surface area contributed by atoms with E-state index >= 15 is 0 Å². The topological polar surface area (TPSA) is 119 Å². The third kappa shape index (κ3) is 11.3. The summed E-state index contributed by atoms with van der Waals surface area (Å²) in [5, 5.41) is 27.4. The van der Waals surface area contributed by atoms with Gasteiger partial charge in [-0.25, -0.2) is 9.97 Å². The van der Waals surface area contributed by atoms with Gasteiger partial charge in [-0.3, -0.25) is 4.99 Å². The molecule has 204 valence electrons. The number of aromatic nitrogens is 2. The molecular weight excluding hydrogens is 456 g/mol. The highest BCUT2D eigenvalue weighted by atomic mass is 16.3. The molecule has 1 aliphatic rings. The lowest BCUT2D eigenvalue weighted by atomic mass is 9.84. The highest BCUT2D eigenvalue weighted by Crippen LogP contribution is 2.35. The van der Waals surface area contributed by atoms with E-state index in [1.54, 1.807) is 24.3 Å². The van der Waals surface area contributed by atoms with E-state index < -0.39 is 5.60 Å². The van der Waals surface area contributed by atoms with Crippen molar-refractivity contribution in [1.82, 2.24) is 9.97 Å². The fraction of sp³-hybridized carbons (Fsp3) is 0.571. The number of phenols is 1. The number of aliphatic hydroxyl groups excluding tert-OH is 1. The lowest BCUT2D eigenvalue weighted by Gasteiger charge is -2.38. The number of aliphatic hydroxyl groups is 2. The van der Waals surface area contributed by atoms with Crippen molar-refractivity contribution < 1.29 is 20.1 Å². The molecule has 0 bridgehead atoms. The second-order valence-corrected chi connectivity index (χ2v) is 7.40. The van der Waals surface area contributed by atoms with Gasteiger partial charge in [-0.05, 0) is 50.8 Å². The first-order valence-electron chi connectivity index (χ1n) is 12.9. The first kappa shape index (κ1) is 35.3. The smallest absolute Gasteiger partial charge is 0.225 e. The number of aromatic hydroxyl groups is 1. The summed E-state index contributed by atoms with van der Waals surface area (Å²) in [7, 11) is 1.00. The Kier molecular flexibility index (Phi) is 20.0. The van der Waals surface area contributed by atoms with Crippen LogP contribution < -0.4 is 4.90 Å². The highest BCUT2D eigenvalue weighted by molar-refractivity contribution is 5.65. The molecule has 1 aliphatic heterocycles. The number of hydrogen-bond donors (Lipinski definition) is 3. The highest BCUT2D eigenvalue weighted by Gasteiger charge is 2.34. The summed E-state index contributed by atoms with van der Waals surface area (Å²) >= 11 is 0. The van der Waals surface area contributed by atoms with E-state index in [-0.39, 0.29) is 5.75 Å². The van der Waals surface area contributed by atoms with Gasteiger partial charge >= 0.3 is 0 Å². The quantitative estimate of drug-likeness (QED) is 0.355. The standard InChI is InChI=1S/C20H26N4O2.C3H6O.2C2H6.CH4O/c1-4-11-21-18-14(2)22-19(23-15(18)3)24-12-9-20(26,10-13-24)16-5-7-17(25)8-6-16;1-2-3-4;3*1-2/h5-8,11,25-26H,4,9-10,12-13H2,1-3H3;3H,2H2,1H3;2*1-2H3;2H,1H3. The van der Waals surface area contributed by atoms with Crippen molar-refractivity contribution in [3.05, 3.63) is 41.2 Å². The number of aliphatic imine (C=N–C) groups is 1. The number of phenolic OH excluding ortho intramolecular Hbond substituents is 1. The minimum absolute atomic E-state index is 0.208. The van der Waals surface area contributed by atoms with Crippen LogP contribution in [-0.4, -0.2) is 58.0 Å². The fourth-order valence-corrected chi connectivity index (χ4v) is 3.34. The van der Waals surface area contributed by atoms with E-state index in [0.717, 1.165) is 42.5 Å². The van der Waals surface area contributed by atoms with Gasteiger partial charge in [0, 0.05) is 32.8 Å². The maximum absolute atomic E-state index is 11.0. The van der Waals surface area contributed by atoms with Gasteiger partial charge in [-0.2, -0.15) is 0 Å². The molecule has 1 saturated heterocycles. The Labute approximate surface area is 218 Å². The lowest BCUT2D eigenvalue weighted by Crippen LogP contribution is -2.43. The van der Waals surface area contributed by atoms with E-state index in [4.69, 9.17) is 5.11 Å². The Balaban J connectivity index is 0. The Bertz CT molecular complexity index is 839. The van der Waals surface area contributed by atoms with Crippen molar-refractivity contribution in [2.45, 2.75) is 86.7 Å². The van der Waals surface area contributed by atoms with E-state index in [0.29, 0.717) is 38.3 Å². The molecule has 1 aromatic heterocycles. The van der Waals surface area contributed by atoms with Crippen LogP contribution in [0, 0.1) is 13.8 Å². The van der Waals surface area contributed by atoms with Crippen LogP contribution in [0.15, 0.2) is 29.3 Å². The van der Waals surface area contributed by atoms with Crippen LogP contribution in [0.25, 0.3) is 0 Å². The molecule has 8 nitrogen and oxygen atoms in total. The normalized spacial score (nSPS) is 13.5. The van der Waals surface area contributed by atoms with E-state index in [1.807, 2.05) is 61.6 Å². The molecule has 3 rings (SSSR count). The van der Waals surface area contributed by atoms with Crippen molar-refractivity contribution in [2.75, 3.05) is 25.1 Å². The SMILES string of the molecule is CC.CC.CCC=Nc1c(C)nc(N2CCC(O)(c3ccc(O)cc3)CC2)nc1C.CCC=O.CO. The molecule has 0 saturated carbocycles. The molecule has 0 radical (unpaired) electrons. The van der Waals surface area contributed by atoms with Crippen LogP contribution in [0.3, 0.4) is 0 Å². The second-order valence-electron chi connectivity index (χ2n) is 7.40. The number of piperidine rings is 1. The average Bonchev–Trinajstić information content (AvgIpc) is 2.92. The second kappa shape index (κ2) is 20.4. The van der Waals surface area contributed by atoms with Crippen molar-refractivity contribution >= 4 is 24.1 Å². The van der Waals surface area contributed by atoms with Gasteiger partial charge in [-0.1, -0.05) is 53.7 Å². The van der Waals surface area contributed by atoms with E-state index in [1.165, 1.54) is 0 Å². The van der Waals surface area contributed by atoms with Gasteiger partial charge in [0.15, 0.2) is 0 Å². The van der Waals surface area contributed by atoms with E-state index in [9.17, 15) is 15.0 Å². The third-order valence-electron chi connectivity index (χ3n) is 5.07. The van der Waals surface area contributed by atoms with Crippen LogP contribution in [0.5, 0.6) is 5.75 Å². The van der Waals surface area contributed by atoms with Gasteiger partial charge in [0.05, 0.1) is 17.0 Å². The van der Waals surface area contributed by atoms with Crippen molar-refractivity contribution in [1.29, 1.82) is 0 Å². The van der Waals surface area contributed by atoms with E-state index in [2.05, 4.69) is 19.9 Å². The maximum Gasteiger partial charge on any atom is 0.225 e. The molecule has 0 spiro atoms. The largest absolute Gasteiger partial charge is 0.508 e. The molecule has 0 atom stereocenters. The fourth-order valence-electron chi connectivity index (χ4n) is 3.34. The van der Waals surface area contributed by atoms with Crippen LogP contribution in [0.4, 0.5) is 11.6 Å². The lowest BCUT2D eigenvalue weighted by molar-refractivity contribution is -0.107. The summed E-state index contributed by atoms with van der Waals surface area (Å²) in [4.78, 5) is 25.0. The van der Waals surface area contributed by atoms with Gasteiger partial charge < -0.3 is 25.0 Å². The molecule has 0 unspecified atom stereocenters. The average molecular weight is 505 g/mol. The zero-order valence-corrected chi connectivity index (χ0v) is 23.7. The summed E-state index contributed by atoms with van der Waals surface area (Å²) in [5.41, 5.74) is 2.55. The Morgan fingerprint density at radius 1 is 0.944 bits per heavy atom. The van der Waals surface area contributed by atoms with Crippen LogP contribution in [-0.2, 0) is 10.4 Å². The number of anilines is 1. The van der Waals surface area contributed by atoms with Crippen LogP contribution in [0.1, 0.15) is 84.2 Å². The number of aryl methyl sites for hydroxylation is 2. The number of nitrogens with zero attached hydrogens (tertiary/aromatic N) is 4. The minimum atomic E-state index is -0.875. The summed E-state index contributed by atoms with van der Waals surface area (Å²) in [6, 6.07) is 6.81. The summed E-state index contributed by atoms with van der Waals surface area (Å²) in [6.45, 7) is 17.1. The molecular formula is C28H48N4O4. The van der Waals surface area contributed by atoms with Crippen molar-refractivity contribution in [2.24, 2.45) is 4.99 Å².